The summed E-state index contributed by atoms with van der Waals surface area (Å²) in [4.78, 5) is 12.4. The fraction of sp³-hybridized carbons (Fsp3) is 0.100. The van der Waals surface area contributed by atoms with Crippen molar-refractivity contribution in [2.24, 2.45) is 0 Å². The zero-order valence-corrected chi connectivity index (χ0v) is 15.1. The highest BCUT2D eigenvalue weighted by Crippen LogP contribution is 2.29. The van der Waals surface area contributed by atoms with Crippen molar-refractivity contribution in [3.8, 4) is 17.6 Å². The van der Waals surface area contributed by atoms with Crippen LogP contribution in [0.1, 0.15) is 11.4 Å². The fourth-order valence-corrected chi connectivity index (χ4v) is 3.03. The molecule has 0 aliphatic rings. The van der Waals surface area contributed by atoms with Gasteiger partial charge in [0.05, 0.1) is 25.2 Å². The number of hydrogen-bond donors (Lipinski definition) is 1. The molecule has 2 aromatic carbocycles. The third-order valence-corrected chi connectivity index (χ3v) is 4.37. The number of aromatic nitrogens is 4. The molecule has 28 heavy (non-hydrogen) atoms. The molecule has 0 saturated carbocycles. The molecular weight excluding hydrogens is 358 g/mol. The number of methoxy groups -OCH3 is 2. The second-order valence-electron chi connectivity index (χ2n) is 5.95. The van der Waals surface area contributed by atoms with Gasteiger partial charge in [-0.3, -0.25) is 9.89 Å². The largest absolute Gasteiger partial charge is 0.493 e. The molecule has 0 aliphatic heterocycles. The second-order valence-corrected chi connectivity index (χ2v) is 5.95. The summed E-state index contributed by atoms with van der Waals surface area (Å²) in [7, 11) is 3.09. The van der Waals surface area contributed by atoms with Gasteiger partial charge in [0.25, 0.3) is 5.56 Å². The van der Waals surface area contributed by atoms with Gasteiger partial charge in [0.1, 0.15) is 6.07 Å². The standard InChI is InChI=1S/C20H15N5O3/c1-27-16-8-7-12(10-17(16)28-2)9-13(11-21)18-22-23-19-14-5-3-4-6-15(14)20(26)24-25(18)19/h3-10H,1-2H3,(H,24,26)/b13-9+. The van der Waals surface area contributed by atoms with Gasteiger partial charge in [0.15, 0.2) is 23.0 Å². The predicted molar refractivity (Wildman–Crippen MR) is 104 cm³/mol. The van der Waals surface area contributed by atoms with Crippen LogP contribution in [0.3, 0.4) is 0 Å². The maximum absolute atomic E-state index is 12.4. The van der Waals surface area contributed by atoms with Crippen molar-refractivity contribution in [1.29, 1.82) is 5.26 Å². The first kappa shape index (κ1) is 17.3. The van der Waals surface area contributed by atoms with Crippen molar-refractivity contribution >= 4 is 28.1 Å². The van der Waals surface area contributed by atoms with Gasteiger partial charge in [0.2, 0.25) is 0 Å². The summed E-state index contributed by atoms with van der Waals surface area (Å²) in [6.45, 7) is 0. The molecule has 0 bridgehead atoms. The molecule has 4 rings (SSSR count). The molecule has 2 heterocycles. The Kier molecular flexibility index (Phi) is 4.26. The van der Waals surface area contributed by atoms with Crippen LogP contribution in [0, 0.1) is 11.3 Å². The molecule has 1 N–H and O–H groups in total. The van der Waals surface area contributed by atoms with Gasteiger partial charge in [-0.15, -0.1) is 10.2 Å². The predicted octanol–water partition coefficient (Wildman–Crippen LogP) is 2.65. The highest BCUT2D eigenvalue weighted by molar-refractivity contribution is 5.94. The summed E-state index contributed by atoms with van der Waals surface area (Å²) >= 11 is 0. The van der Waals surface area contributed by atoms with Crippen LogP contribution >= 0.6 is 0 Å². The molecule has 0 aliphatic carbocycles. The van der Waals surface area contributed by atoms with E-state index in [9.17, 15) is 10.1 Å². The van der Waals surface area contributed by atoms with Crippen LogP contribution < -0.4 is 15.0 Å². The van der Waals surface area contributed by atoms with Crippen molar-refractivity contribution < 1.29 is 9.47 Å². The normalized spacial score (nSPS) is 11.5. The van der Waals surface area contributed by atoms with Crippen LogP contribution in [-0.4, -0.2) is 34.0 Å². The fourth-order valence-electron chi connectivity index (χ4n) is 3.03. The van der Waals surface area contributed by atoms with Gasteiger partial charge in [-0.25, -0.2) is 4.52 Å². The van der Waals surface area contributed by atoms with Crippen molar-refractivity contribution in [2.45, 2.75) is 0 Å². The molecule has 4 aromatic rings. The van der Waals surface area contributed by atoms with Gasteiger partial charge in [-0.05, 0) is 29.8 Å². The van der Waals surface area contributed by atoms with E-state index in [-0.39, 0.29) is 17.0 Å². The van der Waals surface area contributed by atoms with Crippen molar-refractivity contribution in [3.05, 3.63) is 64.2 Å². The summed E-state index contributed by atoms with van der Waals surface area (Å²) in [5, 5.41) is 21.9. The number of hydrogen-bond acceptors (Lipinski definition) is 6. The van der Waals surface area contributed by atoms with E-state index in [1.807, 2.05) is 6.07 Å². The third kappa shape index (κ3) is 2.75. The molecule has 0 saturated heterocycles. The summed E-state index contributed by atoms with van der Waals surface area (Å²) in [6.07, 6.45) is 1.64. The van der Waals surface area contributed by atoms with E-state index in [1.165, 1.54) is 4.52 Å². The van der Waals surface area contributed by atoms with Gasteiger partial charge >= 0.3 is 0 Å². The Balaban J connectivity index is 1.90. The van der Waals surface area contributed by atoms with E-state index in [1.54, 1.807) is 56.7 Å². The number of rotatable bonds is 4. The Morgan fingerprint density at radius 2 is 1.86 bits per heavy atom. The molecule has 0 atom stereocenters. The van der Waals surface area contributed by atoms with Crippen LogP contribution in [0.2, 0.25) is 0 Å². The zero-order chi connectivity index (χ0) is 19.7. The van der Waals surface area contributed by atoms with Gasteiger partial charge in [-0.2, -0.15) is 5.26 Å². The number of fused-ring (bicyclic) bond motifs is 3. The van der Waals surface area contributed by atoms with E-state index < -0.39 is 0 Å². The molecule has 0 spiro atoms. The van der Waals surface area contributed by atoms with E-state index in [0.29, 0.717) is 33.5 Å². The molecule has 2 aromatic heterocycles. The summed E-state index contributed by atoms with van der Waals surface area (Å²) in [5.74, 6) is 1.37. The molecule has 138 valence electrons. The number of benzene rings is 2. The van der Waals surface area contributed by atoms with E-state index in [2.05, 4.69) is 21.4 Å². The number of allylic oxidation sites excluding steroid dienone is 1. The third-order valence-electron chi connectivity index (χ3n) is 4.37. The second kappa shape index (κ2) is 6.89. The molecule has 8 nitrogen and oxygen atoms in total. The Morgan fingerprint density at radius 3 is 2.57 bits per heavy atom. The number of nitrogens with one attached hydrogen (secondary N) is 1. The Bertz CT molecular complexity index is 1330. The van der Waals surface area contributed by atoms with Crippen molar-refractivity contribution in [2.75, 3.05) is 14.2 Å². The van der Waals surface area contributed by atoms with E-state index >= 15 is 0 Å². The van der Waals surface area contributed by atoms with Gasteiger partial charge < -0.3 is 9.47 Å². The lowest BCUT2D eigenvalue weighted by Crippen LogP contribution is -2.13. The van der Waals surface area contributed by atoms with Crippen LogP contribution in [0.15, 0.2) is 47.3 Å². The average molecular weight is 373 g/mol. The minimum atomic E-state index is -0.285. The quantitative estimate of drug-likeness (QED) is 0.551. The molecule has 0 fully saturated rings. The van der Waals surface area contributed by atoms with Crippen LogP contribution in [0.4, 0.5) is 0 Å². The number of H-pyrrole nitrogens is 1. The first-order chi connectivity index (χ1) is 13.7. The van der Waals surface area contributed by atoms with E-state index in [4.69, 9.17) is 9.47 Å². The van der Waals surface area contributed by atoms with Gasteiger partial charge in [-0.1, -0.05) is 24.3 Å². The Labute approximate surface area is 159 Å². The molecule has 0 radical (unpaired) electrons. The molecule has 8 heteroatoms. The van der Waals surface area contributed by atoms with Crippen LogP contribution in [0.5, 0.6) is 11.5 Å². The van der Waals surface area contributed by atoms with Crippen molar-refractivity contribution in [3.63, 3.8) is 0 Å². The highest BCUT2D eigenvalue weighted by Gasteiger charge is 2.15. The summed E-state index contributed by atoms with van der Waals surface area (Å²) in [5.41, 5.74) is 1.14. The summed E-state index contributed by atoms with van der Waals surface area (Å²) in [6, 6.07) is 14.5. The number of nitrogens with zero attached hydrogens (tertiary/aromatic N) is 4. The monoisotopic (exact) mass is 373 g/mol. The lowest BCUT2D eigenvalue weighted by atomic mass is 10.1. The first-order valence-electron chi connectivity index (χ1n) is 8.36. The minimum absolute atomic E-state index is 0.241. The maximum atomic E-state index is 12.4. The Hall–Kier alpha value is -4.12. The number of nitriles is 1. The lowest BCUT2D eigenvalue weighted by molar-refractivity contribution is 0.355. The average Bonchev–Trinajstić information content (AvgIpc) is 3.15. The topological polar surface area (TPSA) is 105 Å². The van der Waals surface area contributed by atoms with Crippen molar-refractivity contribution in [1.82, 2.24) is 19.8 Å². The van der Waals surface area contributed by atoms with E-state index in [0.717, 1.165) is 0 Å². The highest BCUT2D eigenvalue weighted by atomic mass is 16.5. The number of aromatic amines is 1. The smallest absolute Gasteiger partial charge is 0.270 e. The lowest BCUT2D eigenvalue weighted by Gasteiger charge is -2.08. The molecular formula is C20H15N5O3. The summed E-state index contributed by atoms with van der Waals surface area (Å²) < 4.78 is 12.0. The number of ether oxygens (including phenoxy) is 2. The Morgan fingerprint density at radius 1 is 1.11 bits per heavy atom. The van der Waals surface area contributed by atoms with Crippen LogP contribution in [-0.2, 0) is 0 Å². The minimum Gasteiger partial charge on any atom is -0.493 e. The SMILES string of the molecule is COc1ccc(/C=C(\C#N)c2nnc3c4ccccc4c(=O)[nH]n23)cc1OC. The molecule has 0 amide bonds. The molecule has 0 unspecified atom stereocenters. The first-order valence-corrected chi connectivity index (χ1v) is 8.36. The van der Waals surface area contributed by atoms with Crippen LogP contribution in [0.25, 0.3) is 28.1 Å². The zero-order valence-electron chi connectivity index (χ0n) is 15.1. The maximum Gasteiger partial charge on any atom is 0.270 e. The van der Waals surface area contributed by atoms with Gasteiger partial charge in [0, 0.05) is 5.39 Å².